The van der Waals surface area contributed by atoms with Gasteiger partial charge in [0.1, 0.15) is 5.78 Å². The molecule has 2 aromatic carbocycles. The van der Waals surface area contributed by atoms with Crippen molar-refractivity contribution in [3.05, 3.63) is 70.2 Å². The van der Waals surface area contributed by atoms with E-state index in [1.54, 1.807) is 0 Å². The maximum atomic E-state index is 12.9. The number of nitrogens with zero attached hydrogens (tertiary/aromatic N) is 1. The standard InChI is InChI=1S/C27H36ClNO2/c1-3-15-29(16-4-2)19-21-5-9-22(10-6-21)23-11-14-26(30)25(18-23)27(31)17-20-7-12-24(28)13-8-20/h5-10,12-13,23,25-26,30H,3-4,11,14-19H2,1-2H3. The van der Waals surface area contributed by atoms with Crippen LogP contribution in [0.5, 0.6) is 0 Å². The van der Waals surface area contributed by atoms with Crippen LogP contribution >= 0.6 is 11.6 Å². The van der Waals surface area contributed by atoms with E-state index in [1.165, 1.54) is 24.0 Å². The van der Waals surface area contributed by atoms with Crippen LogP contribution < -0.4 is 0 Å². The molecule has 0 amide bonds. The van der Waals surface area contributed by atoms with Gasteiger partial charge in [0.2, 0.25) is 0 Å². The number of rotatable bonds is 10. The molecule has 31 heavy (non-hydrogen) atoms. The summed E-state index contributed by atoms with van der Waals surface area (Å²) in [6, 6.07) is 16.4. The van der Waals surface area contributed by atoms with E-state index in [0.717, 1.165) is 38.0 Å². The minimum absolute atomic E-state index is 0.130. The number of carbonyl (C=O) groups excluding carboxylic acids is 1. The molecule has 1 fully saturated rings. The van der Waals surface area contributed by atoms with E-state index in [1.807, 2.05) is 24.3 Å². The van der Waals surface area contributed by atoms with Crippen LogP contribution in [0.2, 0.25) is 5.02 Å². The van der Waals surface area contributed by atoms with E-state index >= 15 is 0 Å². The first-order valence-corrected chi connectivity index (χ1v) is 12.1. The first-order valence-electron chi connectivity index (χ1n) is 11.8. The van der Waals surface area contributed by atoms with E-state index < -0.39 is 6.10 Å². The highest BCUT2D eigenvalue weighted by atomic mass is 35.5. The van der Waals surface area contributed by atoms with Crippen molar-refractivity contribution in [3.8, 4) is 0 Å². The Balaban J connectivity index is 1.62. The van der Waals surface area contributed by atoms with E-state index in [2.05, 4.69) is 43.0 Å². The Labute approximate surface area is 192 Å². The summed E-state index contributed by atoms with van der Waals surface area (Å²) in [7, 11) is 0. The first-order chi connectivity index (χ1) is 15.0. The van der Waals surface area contributed by atoms with Gasteiger partial charge in [-0.3, -0.25) is 9.69 Å². The van der Waals surface area contributed by atoms with Gasteiger partial charge >= 0.3 is 0 Å². The van der Waals surface area contributed by atoms with Crippen molar-refractivity contribution in [3.63, 3.8) is 0 Å². The maximum absolute atomic E-state index is 12.9. The summed E-state index contributed by atoms with van der Waals surface area (Å²) in [5.41, 5.74) is 3.59. The van der Waals surface area contributed by atoms with Crippen molar-refractivity contribution in [1.29, 1.82) is 0 Å². The highest BCUT2D eigenvalue weighted by molar-refractivity contribution is 6.30. The summed E-state index contributed by atoms with van der Waals surface area (Å²) >= 11 is 5.95. The zero-order valence-corrected chi connectivity index (χ0v) is 19.7. The second kappa shape index (κ2) is 11.8. The third kappa shape index (κ3) is 6.90. The van der Waals surface area contributed by atoms with E-state index in [4.69, 9.17) is 11.6 Å². The van der Waals surface area contributed by atoms with Crippen molar-refractivity contribution in [2.24, 2.45) is 5.92 Å². The SMILES string of the molecule is CCCN(CCC)Cc1ccc(C2CCC(O)C(C(=O)Cc3ccc(Cl)cc3)C2)cc1. The van der Waals surface area contributed by atoms with Crippen LogP contribution in [-0.4, -0.2) is 35.0 Å². The lowest BCUT2D eigenvalue weighted by Crippen LogP contribution is -2.35. The highest BCUT2D eigenvalue weighted by Gasteiger charge is 2.34. The summed E-state index contributed by atoms with van der Waals surface area (Å²) in [4.78, 5) is 15.5. The smallest absolute Gasteiger partial charge is 0.142 e. The summed E-state index contributed by atoms with van der Waals surface area (Å²) < 4.78 is 0. The van der Waals surface area contributed by atoms with Crippen LogP contribution in [0.25, 0.3) is 0 Å². The molecule has 0 aliphatic heterocycles. The fraction of sp³-hybridized carbons (Fsp3) is 0.519. The van der Waals surface area contributed by atoms with E-state index in [0.29, 0.717) is 23.8 Å². The Hall–Kier alpha value is -1.68. The minimum Gasteiger partial charge on any atom is -0.392 e. The maximum Gasteiger partial charge on any atom is 0.142 e. The Bertz CT molecular complexity index is 812. The molecular formula is C27H36ClNO2. The van der Waals surface area contributed by atoms with E-state index in [9.17, 15) is 9.90 Å². The minimum atomic E-state index is -0.535. The molecule has 4 heteroatoms. The molecule has 2 aromatic rings. The molecule has 0 saturated heterocycles. The normalized spacial score (nSPS) is 21.4. The van der Waals surface area contributed by atoms with Gasteiger partial charge in [-0.1, -0.05) is 61.8 Å². The number of aliphatic hydroxyl groups excluding tert-OH is 1. The topological polar surface area (TPSA) is 40.5 Å². The molecule has 0 aromatic heterocycles. The molecule has 168 valence electrons. The molecule has 3 atom stereocenters. The van der Waals surface area contributed by atoms with Gasteiger partial charge in [-0.05, 0) is 79.9 Å². The molecule has 3 nitrogen and oxygen atoms in total. The van der Waals surface area contributed by atoms with Crippen LogP contribution in [0.15, 0.2) is 48.5 Å². The molecule has 1 N–H and O–H groups in total. The molecule has 0 spiro atoms. The highest BCUT2D eigenvalue weighted by Crippen LogP contribution is 2.37. The number of ketones is 1. The second-order valence-electron chi connectivity index (χ2n) is 8.97. The predicted octanol–water partition coefficient (Wildman–Crippen LogP) is 6.02. The number of carbonyl (C=O) groups is 1. The number of halogens is 1. The quantitative estimate of drug-likeness (QED) is 0.490. The Kier molecular flexibility index (Phi) is 9.13. The molecule has 0 heterocycles. The summed E-state index contributed by atoms with van der Waals surface area (Å²) in [6.07, 6.45) is 4.52. The van der Waals surface area contributed by atoms with Gasteiger partial charge < -0.3 is 5.11 Å². The molecule has 0 bridgehead atoms. The predicted molar refractivity (Wildman–Crippen MR) is 129 cm³/mol. The fourth-order valence-electron chi connectivity index (χ4n) is 4.79. The van der Waals surface area contributed by atoms with Crippen LogP contribution in [0.4, 0.5) is 0 Å². The van der Waals surface area contributed by atoms with Gasteiger partial charge in [-0.2, -0.15) is 0 Å². The summed E-state index contributed by atoms with van der Waals surface area (Å²) in [5, 5.41) is 11.2. The monoisotopic (exact) mass is 441 g/mol. The average Bonchev–Trinajstić information content (AvgIpc) is 2.76. The van der Waals surface area contributed by atoms with Crippen molar-refractivity contribution in [2.75, 3.05) is 13.1 Å². The Morgan fingerprint density at radius 2 is 1.58 bits per heavy atom. The van der Waals surface area contributed by atoms with Gasteiger partial charge in [0.15, 0.2) is 0 Å². The average molecular weight is 442 g/mol. The number of Topliss-reactive ketones (excluding diaryl/α,β-unsaturated/α-hetero) is 1. The fourth-order valence-corrected chi connectivity index (χ4v) is 4.92. The van der Waals surface area contributed by atoms with Gasteiger partial charge in [0.05, 0.1) is 6.10 Å². The Morgan fingerprint density at radius 1 is 0.968 bits per heavy atom. The van der Waals surface area contributed by atoms with Crippen LogP contribution in [-0.2, 0) is 17.8 Å². The third-order valence-electron chi connectivity index (χ3n) is 6.46. The summed E-state index contributed by atoms with van der Waals surface area (Å²) in [6.45, 7) is 7.72. The molecule has 3 rings (SSSR count). The zero-order valence-electron chi connectivity index (χ0n) is 18.9. The van der Waals surface area contributed by atoms with Gasteiger partial charge in [0.25, 0.3) is 0 Å². The van der Waals surface area contributed by atoms with Gasteiger partial charge in [-0.25, -0.2) is 0 Å². The lowest BCUT2D eigenvalue weighted by atomic mass is 9.74. The largest absolute Gasteiger partial charge is 0.392 e. The third-order valence-corrected chi connectivity index (χ3v) is 6.71. The first kappa shape index (κ1) is 24.0. The number of hydrogen-bond acceptors (Lipinski definition) is 3. The van der Waals surface area contributed by atoms with Crippen LogP contribution in [0, 0.1) is 5.92 Å². The van der Waals surface area contributed by atoms with Crippen molar-refractivity contribution in [1.82, 2.24) is 4.90 Å². The Morgan fingerprint density at radius 3 is 2.19 bits per heavy atom. The molecule has 1 aliphatic carbocycles. The molecular weight excluding hydrogens is 406 g/mol. The lowest BCUT2D eigenvalue weighted by Gasteiger charge is -2.33. The number of hydrogen-bond donors (Lipinski definition) is 1. The van der Waals surface area contributed by atoms with Crippen LogP contribution in [0.1, 0.15) is 68.6 Å². The van der Waals surface area contributed by atoms with Crippen LogP contribution in [0.3, 0.4) is 0 Å². The molecule has 1 aliphatic rings. The van der Waals surface area contributed by atoms with Gasteiger partial charge in [-0.15, -0.1) is 0 Å². The van der Waals surface area contributed by atoms with Crippen molar-refractivity contribution >= 4 is 17.4 Å². The zero-order chi connectivity index (χ0) is 22.2. The van der Waals surface area contributed by atoms with E-state index in [-0.39, 0.29) is 11.7 Å². The molecule has 1 saturated carbocycles. The number of aliphatic hydroxyl groups is 1. The molecule has 3 unspecified atom stereocenters. The number of benzene rings is 2. The second-order valence-corrected chi connectivity index (χ2v) is 9.41. The lowest BCUT2D eigenvalue weighted by molar-refractivity contribution is -0.127. The summed E-state index contributed by atoms with van der Waals surface area (Å²) in [5.74, 6) is 0.170. The van der Waals surface area contributed by atoms with Gasteiger partial charge in [0, 0.05) is 23.9 Å². The molecule has 0 radical (unpaired) electrons. The van der Waals surface area contributed by atoms with Crippen molar-refractivity contribution in [2.45, 2.75) is 70.9 Å². The van der Waals surface area contributed by atoms with Crippen molar-refractivity contribution < 1.29 is 9.90 Å².